The zero-order valence-corrected chi connectivity index (χ0v) is 18.8. The molecule has 3 rings (SSSR count). The molecule has 0 aliphatic heterocycles. The number of amides is 1. The van der Waals surface area contributed by atoms with E-state index in [1.54, 1.807) is 43.3 Å². The Morgan fingerprint density at radius 1 is 1.10 bits per heavy atom. The molecule has 8 nitrogen and oxygen atoms in total. The highest BCUT2D eigenvalue weighted by Crippen LogP contribution is 2.11. The van der Waals surface area contributed by atoms with E-state index in [4.69, 9.17) is 27.9 Å². The second kappa shape index (κ2) is 10.1. The minimum Gasteiger partial charge on any atom is -0.439 e. The number of halogens is 2. The number of rotatable bonds is 6. The summed E-state index contributed by atoms with van der Waals surface area (Å²) in [6.45, 7) is 1.44. The van der Waals surface area contributed by atoms with Crippen LogP contribution in [0.1, 0.15) is 22.8 Å². The molecule has 0 fully saturated rings. The van der Waals surface area contributed by atoms with Gasteiger partial charge in [0.05, 0.1) is 6.54 Å². The van der Waals surface area contributed by atoms with Gasteiger partial charge in [0, 0.05) is 15.6 Å². The number of benzene rings is 2. The smallest absolute Gasteiger partial charge is 0.366 e. The van der Waals surface area contributed by atoms with E-state index >= 15 is 0 Å². The molecule has 0 aliphatic rings. The van der Waals surface area contributed by atoms with E-state index in [0.29, 0.717) is 15.6 Å². The van der Waals surface area contributed by atoms with Crippen molar-refractivity contribution in [1.82, 2.24) is 8.52 Å². The van der Waals surface area contributed by atoms with Gasteiger partial charge in [-0.15, -0.1) is 0 Å². The average molecular weight is 482 g/mol. The van der Waals surface area contributed by atoms with Crippen LogP contribution in [0, 0.1) is 0 Å². The van der Waals surface area contributed by atoms with Crippen molar-refractivity contribution in [3.05, 3.63) is 85.0 Å². The first kappa shape index (κ1) is 23.0. The Hall–Kier alpha value is -2.72. The number of aromatic nitrogens is 2. The monoisotopic (exact) mass is 481 g/mol. The van der Waals surface area contributed by atoms with Crippen molar-refractivity contribution in [1.29, 1.82) is 0 Å². The zero-order valence-electron chi connectivity index (χ0n) is 16.5. The maximum atomic E-state index is 12.9. The molecule has 1 atom stereocenters. The van der Waals surface area contributed by atoms with Gasteiger partial charge in [-0.1, -0.05) is 35.3 Å². The van der Waals surface area contributed by atoms with Crippen molar-refractivity contribution < 1.29 is 20.1 Å². The molecule has 0 radical (unpaired) electrons. The van der Waals surface area contributed by atoms with Gasteiger partial charge in [-0.2, -0.15) is 4.99 Å². The summed E-state index contributed by atoms with van der Waals surface area (Å²) in [4.78, 5) is 41.5. The highest BCUT2D eigenvalue weighted by Gasteiger charge is 2.16. The van der Waals surface area contributed by atoms with Gasteiger partial charge >= 0.3 is 11.7 Å². The molecule has 3 N–H and O–H groups in total. The fourth-order valence-electron chi connectivity index (χ4n) is 2.46. The van der Waals surface area contributed by atoms with Crippen LogP contribution in [0.5, 0.6) is 0 Å². The SMILES string of the molecule is CC([NH3+])C(=O)OCn1c(=NC(=O)c2ccc(Cl)cc2)sn(Cc2ccc(Cl)cc2)c1=O. The van der Waals surface area contributed by atoms with E-state index in [1.165, 1.54) is 16.1 Å². The molecule has 1 aromatic heterocycles. The minimum absolute atomic E-state index is 0.100. The molecule has 1 heterocycles. The summed E-state index contributed by atoms with van der Waals surface area (Å²) < 4.78 is 7.69. The molecule has 0 saturated carbocycles. The lowest BCUT2D eigenvalue weighted by Gasteiger charge is -2.05. The fraction of sp³-hybridized carbons (Fsp3) is 0.200. The van der Waals surface area contributed by atoms with Gasteiger partial charge in [-0.3, -0.25) is 4.79 Å². The summed E-state index contributed by atoms with van der Waals surface area (Å²) in [5, 5.41) is 1.07. The largest absolute Gasteiger partial charge is 0.439 e. The van der Waals surface area contributed by atoms with E-state index < -0.39 is 23.6 Å². The molecule has 3 aromatic rings. The van der Waals surface area contributed by atoms with Crippen molar-refractivity contribution in [2.24, 2.45) is 4.99 Å². The van der Waals surface area contributed by atoms with E-state index in [-0.39, 0.29) is 18.1 Å². The molecule has 11 heteroatoms. The highest BCUT2D eigenvalue weighted by atomic mass is 35.5. The van der Waals surface area contributed by atoms with Gasteiger partial charge in [0.1, 0.15) is 0 Å². The lowest BCUT2D eigenvalue weighted by molar-refractivity contribution is -0.403. The van der Waals surface area contributed by atoms with Gasteiger partial charge in [0.2, 0.25) is 4.80 Å². The number of hydrogen-bond donors (Lipinski definition) is 1. The van der Waals surface area contributed by atoms with Crippen molar-refractivity contribution in [3.8, 4) is 0 Å². The van der Waals surface area contributed by atoms with Gasteiger partial charge in [-0.25, -0.2) is 18.1 Å². The number of nitrogens with zero attached hydrogens (tertiary/aromatic N) is 3. The van der Waals surface area contributed by atoms with Gasteiger partial charge in [-0.05, 0) is 60.4 Å². The summed E-state index contributed by atoms with van der Waals surface area (Å²) in [6, 6.07) is 12.6. The number of ether oxygens (including phenoxy) is 1. The lowest BCUT2D eigenvalue weighted by atomic mass is 10.2. The molecule has 0 aliphatic carbocycles. The second-order valence-electron chi connectivity index (χ2n) is 6.66. The number of quaternary nitrogens is 1. The Balaban J connectivity index is 1.99. The molecule has 0 bridgehead atoms. The van der Waals surface area contributed by atoms with Crippen molar-refractivity contribution in [2.45, 2.75) is 26.2 Å². The van der Waals surface area contributed by atoms with Crippen LogP contribution in [0.3, 0.4) is 0 Å². The Bertz CT molecular complexity index is 1210. The first-order valence-corrected chi connectivity index (χ1v) is 10.7. The normalized spacial score (nSPS) is 12.6. The predicted molar refractivity (Wildman–Crippen MR) is 117 cm³/mol. The predicted octanol–water partition coefficient (Wildman–Crippen LogP) is 1.94. The zero-order chi connectivity index (χ0) is 22.5. The summed E-state index contributed by atoms with van der Waals surface area (Å²) in [5.41, 5.74) is 4.27. The molecule has 1 unspecified atom stereocenters. The Labute approximate surface area is 191 Å². The maximum absolute atomic E-state index is 12.9. The van der Waals surface area contributed by atoms with E-state index in [1.807, 2.05) is 0 Å². The molecule has 0 spiro atoms. The topological polar surface area (TPSA) is 110 Å². The Morgan fingerprint density at radius 3 is 2.26 bits per heavy atom. The van der Waals surface area contributed by atoms with Crippen LogP contribution in [-0.2, 0) is 22.8 Å². The van der Waals surface area contributed by atoms with Crippen LogP contribution in [0.15, 0.2) is 58.3 Å². The number of hydrogen-bond acceptors (Lipinski definition) is 5. The number of carbonyl (C=O) groups excluding carboxylic acids is 2. The van der Waals surface area contributed by atoms with E-state index in [0.717, 1.165) is 21.7 Å². The summed E-state index contributed by atoms with van der Waals surface area (Å²) in [6.07, 6.45) is 0. The third-order valence-corrected chi connectivity index (χ3v) is 5.62. The average Bonchev–Trinajstić information content (AvgIpc) is 3.02. The number of esters is 1. The highest BCUT2D eigenvalue weighted by molar-refractivity contribution is 7.03. The summed E-state index contributed by atoms with van der Waals surface area (Å²) in [7, 11) is 0. The van der Waals surface area contributed by atoms with Gasteiger partial charge < -0.3 is 10.5 Å². The second-order valence-corrected chi connectivity index (χ2v) is 8.53. The third-order valence-electron chi connectivity index (χ3n) is 4.13. The molecule has 31 heavy (non-hydrogen) atoms. The fourth-order valence-corrected chi connectivity index (χ4v) is 3.66. The van der Waals surface area contributed by atoms with E-state index in [2.05, 4.69) is 10.7 Å². The Morgan fingerprint density at radius 2 is 1.68 bits per heavy atom. The third kappa shape index (κ3) is 5.92. The van der Waals surface area contributed by atoms with E-state index in [9.17, 15) is 14.4 Å². The summed E-state index contributed by atoms with van der Waals surface area (Å²) >= 11 is 12.8. The molecule has 2 aromatic carbocycles. The van der Waals surface area contributed by atoms with Crippen LogP contribution in [0.25, 0.3) is 0 Å². The molecule has 162 valence electrons. The molecule has 1 amide bonds. The summed E-state index contributed by atoms with van der Waals surface area (Å²) in [5.74, 6) is -1.13. The quantitative estimate of drug-likeness (QED) is 0.542. The minimum atomic E-state index is -0.605. The molecule has 0 saturated heterocycles. The van der Waals surface area contributed by atoms with Crippen LogP contribution >= 0.6 is 34.7 Å². The van der Waals surface area contributed by atoms with Gasteiger partial charge in [0.15, 0.2) is 12.8 Å². The molecular weight excluding hydrogens is 463 g/mol. The van der Waals surface area contributed by atoms with Gasteiger partial charge in [0.25, 0.3) is 5.91 Å². The van der Waals surface area contributed by atoms with Crippen LogP contribution < -0.4 is 16.2 Å². The first-order valence-electron chi connectivity index (χ1n) is 9.14. The van der Waals surface area contributed by atoms with Crippen molar-refractivity contribution in [2.75, 3.05) is 0 Å². The van der Waals surface area contributed by atoms with Crippen LogP contribution in [0.2, 0.25) is 10.0 Å². The maximum Gasteiger partial charge on any atom is 0.366 e. The Kier molecular flexibility index (Phi) is 7.45. The van der Waals surface area contributed by atoms with Crippen molar-refractivity contribution in [3.63, 3.8) is 0 Å². The molecular formula is C20H19Cl2N4O4S+. The number of carbonyl (C=O) groups is 2. The van der Waals surface area contributed by atoms with Crippen LogP contribution in [-0.4, -0.2) is 26.4 Å². The van der Waals surface area contributed by atoms with Crippen molar-refractivity contribution >= 4 is 46.6 Å². The standard InChI is InChI=1S/C20H18Cl2N4O4S/c1-12(23)18(28)30-11-25-19(24-17(27)14-4-8-16(22)9-5-14)31-26(20(25)29)10-13-2-6-15(21)7-3-13/h2-9,12H,10-11,23H2,1H3/p+1. The lowest BCUT2D eigenvalue weighted by Crippen LogP contribution is -2.63. The van der Waals surface area contributed by atoms with Crippen LogP contribution in [0.4, 0.5) is 0 Å². The first-order chi connectivity index (χ1) is 14.7.